The van der Waals surface area contributed by atoms with E-state index in [1.54, 1.807) is 11.9 Å². The highest BCUT2D eigenvalue weighted by molar-refractivity contribution is 7.92. The number of nitrogens with zero attached hydrogens (tertiary/aromatic N) is 5. The zero-order valence-corrected chi connectivity index (χ0v) is 26.4. The first-order valence-corrected chi connectivity index (χ1v) is 16.8. The van der Waals surface area contributed by atoms with Crippen LogP contribution in [0.4, 0.5) is 30.5 Å². The highest BCUT2D eigenvalue weighted by Gasteiger charge is 2.38. The fourth-order valence-corrected chi connectivity index (χ4v) is 8.84. The fourth-order valence-electron chi connectivity index (χ4n) is 5.41. The number of rotatable bonds is 7. The highest BCUT2D eigenvalue weighted by Crippen LogP contribution is 2.42. The molecule has 5 rings (SSSR count). The average Bonchev–Trinajstić information content (AvgIpc) is 3.39. The molecule has 9 nitrogen and oxygen atoms in total. The lowest BCUT2D eigenvalue weighted by atomic mass is 10.1. The molecule has 15 heteroatoms. The standard InChI is InChI=1S/C28H33F3N6O3S3/c1-4-18-13-19(37-8-7-36(9-11-38)16-17(37)2)5-6-21(18)33-27-32-15-20(28(29,30)31)24(34-27)22-14-23-25(42-22)26(41)35(3)10-12-43(23,39)40/h5-6,13-15,17,38H,4,7-12,16H2,1-3H3,(H,32,33,34). The van der Waals surface area contributed by atoms with Crippen molar-refractivity contribution in [3.63, 3.8) is 0 Å². The fraction of sp³-hybridized carbons (Fsp3) is 0.464. The monoisotopic (exact) mass is 654 g/mol. The van der Waals surface area contributed by atoms with Crippen LogP contribution in [0.2, 0.25) is 0 Å². The number of halogens is 3. The second kappa shape index (κ2) is 12.3. The van der Waals surface area contributed by atoms with Gasteiger partial charge in [0.2, 0.25) is 5.95 Å². The molecule has 2 N–H and O–H groups in total. The number of thiophene rings is 1. The van der Waals surface area contributed by atoms with Gasteiger partial charge in [0.15, 0.2) is 9.84 Å². The van der Waals surface area contributed by atoms with E-state index in [2.05, 4.69) is 38.1 Å². The Kier molecular flexibility index (Phi) is 9.01. The summed E-state index contributed by atoms with van der Waals surface area (Å²) in [5, 5.41) is 12.4. The minimum absolute atomic E-state index is 0.0393. The first-order chi connectivity index (χ1) is 20.3. The van der Waals surface area contributed by atoms with Crippen molar-refractivity contribution in [2.24, 2.45) is 0 Å². The van der Waals surface area contributed by atoms with Gasteiger partial charge in [-0.25, -0.2) is 18.4 Å². The van der Waals surface area contributed by atoms with Crippen molar-refractivity contribution in [1.29, 1.82) is 0 Å². The van der Waals surface area contributed by atoms with Gasteiger partial charge in [0, 0.05) is 63.4 Å². The molecular weight excluding hydrogens is 622 g/mol. The number of benzene rings is 1. The number of aryl methyl sites for hydroxylation is 1. The third kappa shape index (κ3) is 6.50. The van der Waals surface area contributed by atoms with E-state index in [4.69, 9.17) is 12.2 Å². The maximum Gasteiger partial charge on any atom is 0.420 e. The van der Waals surface area contributed by atoms with Gasteiger partial charge in [-0.1, -0.05) is 19.1 Å². The third-order valence-corrected chi connectivity index (χ3v) is 11.4. The van der Waals surface area contributed by atoms with E-state index in [-0.39, 0.29) is 50.5 Å². The number of hydrogen-bond acceptors (Lipinski definition) is 10. The maximum atomic E-state index is 14.1. The van der Waals surface area contributed by atoms with Crippen LogP contribution >= 0.6 is 23.6 Å². The van der Waals surface area contributed by atoms with E-state index in [1.165, 1.54) is 6.07 Å². The van der Waals surface area contributed by atoms with Crippen LogP contribution in [0.15, 0.2) is 35.4 Å². The van der Waals surface area contributed by atoms with Gasteiger partial charge in [0.05, 0.1) is 32.7 Å². The third-order valence-electron chi connectivity index (χ3n) is 7.77. The second-order valence-electron chi connectivity index (χ2n) is 10.7. The van der Waals surface area contributed by atoms with Crippen LogP contribution in [0.1, 0.15) is 29.9 Å². The Hall–Kier alpha value is -2.85. The average molecular weight is 655 g/mol. The van der Waals surface area contributed by atoms with Crippen LogP contribution in [0.25, 0.3) is 10.6 Å². The molecule has 1 aromatic carbocycles. The minimum atomic E-state index is -4.76. The van der Waals surface area contributed by atoms with Gasteiger partial charge in [0.25, 0.3) is 0 Å². The summed E-state index contributed by atoms with van der Waals surface area (Å²) in [4.78, 5) is 14.9. The molecule has 43 heavy (non-hydrogen) atoms. The highest BCUT2D eigenvalue weighted by atomic mass is 32.2. The van der Waals surface area contributed by atoms with Crippen molar-refractivity contribution in [3.05, 3.63) is 46.5 Å². The van der Waals surface area contributed by atoms with E-state index in [0.717, 1.165) is 48.4 Å². The molecule has 2 aliphatic rings. The van der Waals surface area contributed by atoms with Gasteiger partial charge in [-0.05, 0) is 43.2 Å². The van der Waals surface area contributed by atoms with E-state index >= 15 is 0 Å². The van der Waals surface area contributed by atoms with Gasteiger partial charge >= 0.3 is 6.18 Å². The van der Waals surface area contributed by atoms with Gasteiger partial charge < -0.3 is 20.2 Å². The predicted molar refractivity (Wildman–Crippen MR) is 166 cm³/mol. The summed E-state index contributed by atoms with van der Waals surface area (Å²) in [6.07, 6.45) is -3.38. The molecule has 1 atom stereocenters. The number of anilines is 3. The molecule has 1 unspecified atom stereocenters. The lowest BCUT2D eigenvalue weighted by Crippen LogP contribution is -2.52. The van der Waals surface area contributed by atoms with Gasteiger partial charge in [-0.3, -0.25) is 4.90 Å². The Balaban J connectivity index is 1.48. The van der Waals surface area contributed by atoms with Crippen LogP contribution in [0.3, 0.4) is 0 Å². The first-order valence-electron chi connectivity index (χ1n) is 13.9. The quantitative estimate of drug-likeness (QED) is 0.356. The number of hydrogen-bond donors (Lipinski definition) is 2. The molecule has 2 aromatic heterocycles. The first kappa shape index (κ1) is 31.6. The van der Waals surface area contributed by atoms with Gasteiger partial charge in [-0.2, -0.15) is 13.2 Å². The smallest absolute Gasteiger partial charge is 0.395 e. The number of alkyl halides is 3. The molecule has 0 radical (unpaired) electrons. The van der Waals surface area contributed by atoms with Crippen molar-refractivity contribution in [2.45, 2.75) is 37.4 Å². The molecule has 3 aromatic rings. The van der Waals surface area contributed by atoms with Crippen molar-refractivity contribution < 1.29 is 26.7 Å². The number of aliphatic hydroxyl groups excluding tert-OH is 1. The molecule has 4 heterocycles. The summed E-state index contributed by atoms with van der Waals surface area (Å²) in [5.74, 6) is -0.231. The Morgan fingerprint density at radius 1 is 1.21 bits per heavy atom. The lowest BCUT2D eigenvalue weighted by molar-refractivity contribution is -0.137. The van der Waals surface area contributed by atoms with Crippen LogP contribution in [-0.4, -0.2) is 96.5 Å². The molecular formula is C28H33F3N6O3S3. The Morgan fingerprint density at radius 3 is 2.65 bits per heavy atom. The largest absolute Gasteiger partial charge is 0.420 e. The molecule has 232 valence electrons. The van der Waals surface area contributed by atoms with Crippen molar-refractivity contribution >= 4 is 55.7 Å². The summed E-state index contributed by atoms with van der Waals surface area (Å²) in [7, 11) is -2.09. The number of fused-ring (bicyclic) bond motifs is 1. The second-order valence-corrected chi connectivity index (χ2v) is 14.2. The Bertz CT molecular complexity index is 1630. The zero-order valence-electron chi connectivity index (χ0n) is 24.0. The number of aliphatic hydroxyl groups is 1. The lowest BCUT2D eigenvalue weighted by Gasteiger charge is -2.41. The van der Waals surface area contributed by atoms with Crippen molar-refractivity contribution in [2.75, 3.05) is 62.3 Å². The molecule has 0 amide bonds. The molecule has 0 aliphatic carbocycles. The zero-order chi connectivity index (χ0) is 31.1. The summed E-state index contributed by atoms with van der Waals surface area (Å²) in [6.45, 7) is 7.57. The summed E-state index contributed by atoms with van der Waals surface area (Å²) >= 11 is 6.34. The summed E-state index contributed by atoms with van der Waals surface area (Å²) in [5.41, 5.74) is 1.17. The molecule has 0 saturated carbocycles. The van der Waals surface area contributed by atoms with E-state index in [9.17, 15) is 26.7 Å². The van der Waals surface area contributed by atoms with Crippen molar-refractivity contribution in [3.8, 4) is 10.6 Å². The number of piperazine rings is 1. The van der Waals surface area contributed by atoms with Gasteiger partial charge in [-0.15, -0.1) is 11.3 Å². The number of aromatic nitrogens is 2. The summed E-state index contributed by atoms with van der Waals surface area (Å²) in [6, 6.07) is 7.38. The molecule has 1 fully saturated rings. The molecule has 0 bridgehead atoms. The van der Waals surface area contributed by atoms with Gasteiger partial charge in [0.1, 0.15) is 10.6 Å². The van der Waals surface area contributed by atoms with E-state index in [0.29, 0.717) is 18.7 Å². The SMILES string of the molecule is CCc1cc(N2CCN(CCO)CC2C)ccc1Nc1ncc(C(F)(F)F)c(-c2cc3c(s2)C(=S)N(C)CCS3(=O)=O)n1. The molecule has 0 spiro atoms. The Labute approximate surface area is 258 Å². The minimum Gasteiger partial charge on any atom is -0.395 e. The van der Waals surface area contributed by atoms with E-state index < -0.39 is 27.3 Å². The van der Waals surface area contributed by atoms with Crippen LogP contribution in [0.5, 0.6) is 0 Å². The van der Waals surface area contributed by atoms with Crippen LogP contribution in [0, 0.1) is 0 Å². The van der Waals surface area contributed by atoms with Crippen molar-refractivity contribution in [1.82, 2.24) is 19.8 Å². The van der Waals surface area contributed by atoms with E-state index in [1.807, 2.05) is 19.1 Å². The number of nitrogens with one attached hydrogen (secondary N) is 1. The number of sulfone groups is 1. The molecule has 1 saturated heterocycles. The summed E-state index contributed by atoms with van der Waals surface area (Å²) < 4.78 is 68.2. The van der Waals surface area contributed by atoms with Crippen LogP contribution < -0.4 is 10.2 Å². The molecule has 2 aliphatic heterocycles. The number of β-amino-alcohol motifs (C(OH)–C–C–N with tert-alkyl or cyclic N) is 1. The normalized spacial score (nSPS) is 19.3. The predicted octanol–water partition coefficient (Wildman–Crippen LogP) is 4.43. The van der Waals surface area contributed by atoms with Crippen LogP contribution in [-0.2, 0) is 22.4 Å². The number of thiocarbonyl (C=S) groups is 1. The topological polar surface area (TPSA) is 102 Å². The maximum absolute atomic E-state index is 14.1. The Morgan fingerprint density at radius 2 is 1.98 bits per heavy atom.